The molecule has 2 rings (SSSR count). The fourth-order valence-corrected chi connectivity index (χ4v) is 4.54. The highest BCUT2D eigenvalue weighted by molar-refractivity contribution is 14.1. The molecule has 0 aromatic heterocycles. The maximum absolute atomic E-state index is 10.4. The maximum atomic E-state index is 10.4. The van der Waals surface area contributed by atoms with Crippen LogP contribution in [0, 0.1) is 27.7 Å². The van der Waals surface area contributed by atoms with Gasteiger partial charge in [0.1, 0.15) is 11.5 Å². The van der Waals surface area contributed by atoms with Gasteiger partial charge in [0.15, 0.2) is 0 Å². The molecular formula is C22H29IO2. The molecule has 136 valence electrons. The fourth-order valence-electron chi connectivity index (χ4n) is 3.60. The Hall–Kier alpha value is -1.23. The second-order valence-corrected chi connectivity index (χ2v) is 7.74. The van der Waals surface area contributed by atoms with E-state index in [1.165, 1.54) is 22.3 Å². The van der Waals surface area contributed by atoms with Crippen molar-refractivity contribution in [3.8, 4) is 11.5 Å². The van der Waals surface area contributed by atoms with Crippen LogP contribution in [0.4, 0.5) is 0 Å². The number of alkyl halides is 1. The Labute approximate surface area is 165 Å². The van der Waals surface area contributed by atoms with Crippen molar-refractivity contribution in [3.63, 3.8) is 0 Å². The summed E-state index contributed by atoms with van der Waals surface area (Å²) in [5.74, 6) is 1.13. The van der Waals surface area contributed by atoms with E-state index in [1.54, 1.807) is 0 Å². The van der Waals surface area contributed by atoms with Crippen molar-refractivity contribution in [1.82, 2.24) is 0 Å². The molecule has 2 aromatic rings. The Balaban J connectivity index is 2.74. The number of hydrogen-bond donors (Lipinski definition) is 2. The number of hydrogen-bond acceptors (Lipinski definition) is 2. The largest absolute Gasteiger partial charge is 0.507 e. The lowest BCUT2D eigenvalue weighted by Crippen LogP contribution is -2.10. The van der Waals surface area contributed by atoms with Gasteiger partial charge in [-0.25, -0.2) is 0 Å². The number of aryl methyl sites for hydroxylation is 2. The zero-order valence-electron chi connectivity index (χ0n) is 16.1. The number of phenols is 2. The Morgan fingerprint density at radius 1 is 0.760 bits per heavy atom. The summed E-state index contributed by atoms with van der Waals surface area (Å²) in [5, 5.41) is 20.8. The molecule has 0 unspecified atom stereocenters. The molecule has 0 saturated carbocycles. The third kappa shape index (κ3) is 3.53. The summed E-state index contributed by atoms with van der Waals surface area (Å²) < 4.78 is 0.959. The van der Waals surface area contributed by atoms with Crippen molar-refractivity contribution in [2.24, 2.45) is 0 Å². The summed E-state index contributed by atoms with van der Waals surface area (Å²) in [6.45, 7) is 12.4. The van der Waals surface area contributed by atoms with Crippen molar-refractivity contribution < 1.29 is 10.2 Å². The van der Waals surface area contributed by atoms with E-state index < -0.39 is 0 Å². The van der Waals surface area contributed by atoms with Gasteiger partial charge >= 0.3 is 0 Å². The van der Waals surface area contributed by atoms with Crippen molar-refractivity contribution >= 4 is 22.6 Å². The summed E-state index contributed by atoms with van der Waals surface area (Å²) in [7, 11) is 0. The summed E-state index contributed by atoms with van der Waals surface area (Å²) in [5.41, 5.74) is 8.89. The monoisotopic (exact) mass is 452 g/mol. The molecule has 0 spiro atoms. The highest BCUT2D eigenvalue weighted by Gasteiger charge is 2.23. The van der Waals surface area contributed by atoms with Gasteiger partial charge in [0.2, 0.25) is 0 Å². The molecule has 0 bridgehead atoms. The maximum Gasteiger partial charge on any atom is 0.121 e. The van der Waals surface area contributed by atoms with Crippen molar-refractivity contribution in [3.05, 3.63) is 56.6 Å². The molecule has 0 amide bonds. The molecule has 0 aliphatic rings. The first-order chi connectivity index (χ1) is 11.8. The number of aromatic hydroxyl groups is 2. The highest BCUT2D eigenvalue weighted by Crippen LogP contribution is 2.40. The summed E-state index contributed by atoms with van der Waals surface area (Å²) in [6, 6.07) is 4.35. The van der Waals surface area contributed by atoms with E-state index in [-0.39, 0.29) is 5.92 Å². The number of benzene rings is 2. The lowest BCUT2D eigenvalue weighted by molar-refractivity contribution is 0.463. The van der Waals surface area contributed by atoms with E-state index in [4.69, 9.17) is 0 Å². The van der Waals surface area contributed by atoms with E-state index in [2.05, 4.69) is 62.4 Å². The van der Waals surface area contributed by atoms with E-state index in [9.17, 15) is 10.2 Å². The van der Waals surface area contributed by atoms with E-state index in [0.717, 1.165) is 39.5 Å². The Kier molecular flexibility index (Phi) is 6.41. The molecule has 0 saturated heterocycles. The van der Waals surface area contributed by atoms with Crippen LogP contribution in [0.25, 0.3) is 0 Å². The van der Waals surface area contributed by atoms with Crippen LogP contribution in [0.1, 0.15) is 64.3 Å². The Bertz CT molecular complexity index is 728. The average molecular weight is 452 g/mol. The van der Waals surface area contributed by atoms with Crippen LogP contribution in [0.3, 0.4) is 0 Å². The lowest BCUT2D eigenvalue weighted by atomic mass is 9.82. The number of halogens is 1. The van der Waals surface area contributed by atoms with Crippen LogP contribution in [-0.4, -0.2) is 14.6 Å². The van der Waals surface area contributed by atoms with Crippen molar-refractivity contribution in [2.75, 3.05) is 4.43 Å². The van der Waals surface area contributed by atoms with Gasteiger partial charge in [0, 0.05) is 10.3 Å². The third-order valence-electron chi connectivity index (χ3n) is 5.64. The van der Waals surface area contributed by atoms with Gasteiger partial charge in [0.25, 0.3) is 0 Å². The number of phenolic OH excluding ortho intramolecular Hbond substituents is 2. The van der Waals surface area contributed by atoms with Crippen LogP contribution < -0.4 is 0 Å². The molecule has 0 atom stereocenters. The topological polar surface area (TPSA) is 40.5 Å². The standard InChI is InChI=1S/C22H29IO2/c1-7-16-9-18(12(3)14(5)21(16)24)20(11-23)19-10-17(8-2)22(25)15(6)13(19)4/h9-10,20,24-25H,7-8,11H2,1-6H3. The predicted molar refractivity (Wildman–Crippen MR) is 115 cm³/mol. The molecule has 0 fully saturated rings. The van der Waals surface area contributed by atoms with Gasteiger partial charge in [-0.05, 0) is 85.0 Å². The first-order valence-corrected chi connectivity index (χ1v) is 10.5. The first kappa shape index (κ1) is 20.1. The van der Waals surface area contributed by atoms with E-state index >= 15 is 0 Å². The summed E-state index contributed by atoms with van der Waals surface area (Å²) in [6.07, 6.45) is 1.64. The molecule has 25 heavy (non-hydrogen) atoms. The number of rotatable bonds is 5. The van der Waals surface area contributed by atoms with E-state index in [1.807, 2.05) is 13.8 Å². The Morgan fingerprint density at radius 3 is 1.40 bits per heavy atom. The molecule has 2 nitrogen and oxygen atoms in total. The SMILES string of the molecule is CCc1cc(C(CI)c2cc(CC)c(O)c(C)c2C)c(C)c(C)c1O. The van der Waals surface area contributed by atoms with E-state index in [0.29, 0.717) is 11.5 Å². The zero-order valence-corrected chi connectivity index (χ0v) is 18.3. The molecule has 3 heteroatoms. The first-order valence-electron chi connectivity index (χ1n) is 8.98. The van der Waals surface area contributed by atoms with Gasteiger partial charge in [-0.3, -0.25) is 0 Å². The smallest absolute Gasteiger partial charge is 0.121 e. The summed E-state index contributed by atoms with van der Waals surface area (Å²) >= 11 is 2.45. The zero-order chi connectivity index (χ0) is 18.9. The highest BCUT2D eigenvalue weighted by atomic mass is 127. The van der Waals surface area contributed by atoms with Crippen LogP contribution in [0.5, 0.6) is 11.5 Å². The lowest BCUT2D eigenvalue weighted by Gasteiger charge is -2.25. The molecule has 0 radical (unpaired) electrons. The van der Waals surface area contributed by atoms with Crippen molar-refractivity contribution in [1.29, 1.82) is 0 Å². The average Bonchev–Trinajstić information content (AvgIpc) is 2.61. The minimum atomic E-state index is 0.259. The van der Waals surface area contributed by atoms with Crippen LogP contribution in [0.2, 0.25) is 0 Å². The second kappa shape index (κ2) is 7.98. The molecular weight excluding hydrogens is 423 g/mol. The fraction of sp³-hybridized carbons (Fsp3) is 0.455. The van der Waals surface area contributed by atoms with Gasteiger partial charge in [-0.2, -0.15) is 0 Å². The molecule has 0 heterocycles. The van der Waals surface area contributed by atoms with Gasteiger partial charge in [-0.15, -0.1) is 0 Å². The minimum Gasteiger partial charge on any atom is -0.507 e. The van der Waals surface area contributed by atoms with Gasteiger partial charge in [0.05, 0.1) is 0 Å². The quantitative estimate of drug-likeness (QED) is 0.430. The molecule has 0 aliphatic heterocycles. The van der Waals surface area contributed by atoms with Gasteiger partial charge < -0.3 is 10.2 Å². The Morgan fingerprint density at radius 2 is 1.12 bits per heavy atom. The molecule has 0 aliphatic carbocycles. The second-order valence-electron chi connectivity index (χ2n) is 6.86. The predicted octanol–water partition coefficient (Wildman–Crippen LogP) is 6.02. The molecule has 2 N–H and O–H groups in total. The van der Waals surface area contributed by atoms with Crippen LogP contribution in [0.15, 0.2) is 12.1 Å². The van der Waals surface area contributed by atoms with Crippen LogP contribution >= 0.6 is 22.6 Å². The third-order valence-corrected chi connectivity index (χ3v) is 6.52. The normalized spacial score (nSPS) is 11.4. The van der Waals surface area contributed by atoms with Crippen molar-refractivity contribution in [2.45, 2.75) is 60.3 Å². The molecule has 2 aromatic carbocycles. The van der Waals surface area contributed by atoms with Gasteiger partial charge in [-0.1, -0.05) is 48.6 Å². The van der Waals surface area contributed by atoms with Crippen LogP contribution in [-0.2, 0) is 12.8 Å². The minimum absolute atomic E-state index is 0.259. The summed E-state index contributed by atoms with van der Waals surface area (Å²) in [4.78, 5) is 0.